The third kappa shape index (κ3) is 6.45. The zero-order valence-corrected chi connectivity index (χ0v) is 18.4. The lowest BCUT2D eigenvalue weighted by Gasteiger charge is -2.36. The molecule has 7 heteroatoms. The van der Waals surface area contributed by atoms with Crippen LogP contribution >= 0.6 is 11.6 Å². The van der Waals surface area contributed by atoms with E-state index in [1.807, 2.05) is 0 Å². The van der Waals surface area contributed by atoms with Gasteiger partial charge in [-0.05, 0) is 74.0 Å². The topological polar surface area (TPSA) is 86.9 Å². The second kappa shape index (κ2) is 11.2. The highest BCUT2D eigenvalue weighted by molar-refractivity contribution is 6.30. The number of carboxylic acids is 1. The number of benzene rings is 2. The van der Waals surface area contributed by atoms with Crippen LogP contribution in [0.25, 0.3) is 0 Å². The molecule has 31 heavy (non-hydrogen) atoms. The van der Waals surface area contributed by atoms with Crippen LogP contribution < -0.4 is 10.6 Å². The van der Waals surface area contributed by atoms with Gasteiger partial charge in [0, 0.05) is 36.3 Å². The van der Waals surface area contributed by atoms with Crippen molar-refractivity contribution < 1.29 is 14.7 Å². The summed E-state index contributed by atoms with van der Waals surface area (Å²) in [4.78, 5) is 27.0. The predicted molar refractivity (Wildman–Crippen MR) is 124 cm³/mol. The third-order valence-electron chi connectivity index (χ3n) is 5.85. The molecule has 166 valence electrons. The highest BCUT2D eigenvalue weighted by Crippen LogP contribution is 2.34. The molecule has 2 aromatic carbocycles. The molecule has 1 aliphatic rings. The number of urea groups is 1. The summed E-state index contributed by atoms with van der Waals surface area (Å²) >= 11 is 5.96. The third-order valence-corrected chi connectivity index (χ3v) is 6.10. The lowest BCUT2D eigenvalue weighted by atomic mass is 9.86. The first-order chi connectivity index (χ1) is 15.0. The highest BCUT2D eigenvalue weighted by atomic mass is 35.5. The van der Waals surface area contributed by atoms with E-state index in [1.54, 1.807) is 29.2 Å². The Balaban J connectivity index is 1.69. The normalized spacial score (nSPS) is 15.5. The molecule has 3 rings (SSSR count). The molecule has 0 aromatic heterocycles. The summed E-state index contributed by atoms with van der Waals surface area (Å²) < 4.78 is 0. The number of amides is 2. The molecule has 0 fully saturated rings. The summed E-state index contributed by atoms with van der Waals surface area (Å²) in [6.45, 7) is 1.96. The Morgan fingerprint density at radius 2 is 1.74 bits per heavy atom. The van der Waals surface area contributed by atoms with Crippen molar-refractivity contribution >= 4 is 29.3 Å². The Morgan fingerprint density at radius 1 is 1.03 bits per heavy atom. The summed E-state index contributed by atoms with van der Waals surface area (Å²) in [6.07, 6.45) is 4.75. The van der Waals surface area contributed by atoms with Gasteiger partial charge in [0.2, 0.25) is 0 Å². The average Bonchev–Trinajstić information content (AvgIpc) is 2.75. The fraction of sp³-hybridized carbons (Fsp3) is 0.417. The van der Waals surface area contributed by atoms with Crippen LogP contribution in [0, 0.1) is 0 Å². The first kappa shape index (κ1) is 23.1. The number of primary amides is 1. The van der Waals surface area contributed by atoms with E-state index >= 15 is 0 Å². The number of carbonyl (C=O) groups excluding carboxylic acids is 1. The Bertz CT molecular complexity index is 888. The molecule has 0 saturated carbocycles. The number of halogens is 1. The fourth-order valence-corrected chi connectivity index (χ4v) is 4.51. The molecule has 1 atom stereocenters. The van der Waals surface area contributed by atoms with E-state index in [0.29, 0.717) is 24.5 Å². The van der Waals surface area contributed by atoms with E-state index in [0.717, 1.165) is 37.9 Å². The number of anilines is 1. The minimum absolute atomic E-state index is 0.156. The molecule has 3 N–H and O–H groups in total. The monoisotopic (exact) mass is 443 g/mol. The molecular weight excluding hydrogens is 414 g/mol. The summed E-state index contributed by atoms with van der Waals surface area (Å²) in [6, 6.07) is 15.4. The molecule has 0 heterocycles. The Kier molecular flexibility index (Phi) is 8.32. The van der Waals surface area contributed by atoms with Gasteiger partial charge >= 0.3 is 12.0 Å². The van der Waals surface area contributed by atoms with Crippen molar-refractivity contribution in [1.82, 2.24) is 4.90 Å². The summed E-state index contributed by atoms with van der Waals surface area (Å²) in [5, 5.41) is 9.67. The van der Waals surface area contributed by atoms with Crippen LogP contribution in [-0.4, -0.2) is 41.6 Å². The SMILES string of the molecule is NC(=O)N(CCCN(CCCC(=O)O)C1CCCc2ccccc21)c1ccc(Cl)cc1. The van der Waals surface area contributed by atoms with E-state index < -0.39 is 12.0 Å². The summed E-state index contributed by atoms with van der Waals surface area (Å²) in [7, 11) is 0. The molecule has 1 aliphatic carbocycles. The maximum Gasteiger partial charge on any atom is 0.319 e. The number of hydrogen-bond acceptors (Lipinski definition) is 3. The molecule has 0 bridgehead atoms. The molecule has 0 spiro atoms. The van der Waals surface area contributed by atoms with Gasteiger partial charge in [-0.25, -0.2) is 4.79 Å². The van der Waals surface area contributed by atoms with Crippen molar-refractivity contribution in [1.29, 1.82) is 0 Å². The summed E-state index contributed by atoms with van der Waals surface area (Å²) in [5.74, 6) is -0.772. The minimum atomic E-state index is -0.772. The zero-order valence-electron chi connectivity index (χ0n) is 17.7. The number of fused-ring (bicyclic) bond motifs is 1. The second-order valence-corrected chi connectivity index (χ2v) is 8.40. The molecule has 1 unspecified atom stereocenters. The average molecular weight is 444 g/mol. The quantitative estimate of drug-likeness (QED) is 0.549. The number of aliphatic carboxylic acids is 1. The smallest absolute Gasteiger partial charge is 0.319 e. The van der Waals surface area contributed by atoms with Gasteiger partial charge in [-0.15, -0.1) is 0 Å². The van der Waals surface area contributed by atoms with E-state index in [-0.39, 0.29) is 12.5 Å². The first-order valence-electron chi connectivity index (χ1n) is 10.8. The standard InChI is InChI=1S/C24H30ClN3O3/c25-19-11-13-20(14-12-19)28(24(26)31)17-5-16-27(15-4-10-23(29)30)22-9-3-7-18-6-1-2-8-21(18)22/h1-2,6,8,11-14,22H,3-5,7,9-10,15-17H2,(H2,26,31)(H,29,30). The van der Waals surface area contributed by atoms with Gasteiger partial charge in [-0.2, -0.15) is 0 Å². The Hall–Kier alpha value is -2.57. The number of carbonyl (C=O) groups is 2. The van der Waals surface area contributed by atoms with Gasteiger partial charge in [0.1, 0.15) is 0 Å². The van der Waals surface area contributed by atoms with Crippen molar-refractivity contribution in [2.45, 2.75) is 44.6 Å². The lowest BCUT2D eigenvalue weighted by Crippen LogP contribution is -2.39. The minimum Gasteiger partial charge on any atom is -0.481 e. The van der Waals surface area contributed by atoms with Crippen LogP contribution in [0.4, 0.5) is 10.5 Å². The molecule has 0 radical (unpaired) electrons. The Morgan fingerprint density at radius 3 is 2.45 bits per heavy atom. The van der Waals surface area contributed by atoms with Crippen molar-refractivity contribution in [2.75, 3.05) is 24.5 Å². The van der Waals surface area contributed by atoms with E-state index in [2.05, 4.69) is 29.2 Å². The molecule has 6 nitrogen and oxygen atoms in total. The van der Waals surface area contributed by atoms with Crippen molar-refractivity contribution in [2.24, 2.45) is 5.73 Å². The van der Waals surface area contributed by atoms with Crippen LogP contribution in [0.2, 0.25) is 5.02 Å². The second-order valence-electron chi connectivity index (χ2n) is 7.96. The van der Waals surface area contributed by atoms with Crippen molar-refractivity contribution in [3.63, 3.8) is 0 Å². The predicted octanol–water partition coefficient (Wildman–Crippen LogP) is 4.86. The molecule has 2 aromatic rings. The lowest BCUT2D eigenvalue weighted by molar-refractivity contribution is -0.137. The molecular formula is C24H30ClN3O3. The van der Waals surface area contributed by atoms with Crippen LogP contribution in [-0.2, 0) is 11.2 Å². The van der Waals surface area contributed by atoms with E-state index in [9.17, 15) is 9.59 Å². The fourth-order valence-electron chi connectivity index (χ4n) is 4.38. The van der Waals surface area contributed by atoms with Gasteiger partial charge in [-0.3, -0.25) is 14.6 Å². The van der Waals surface area contributed by atoms with E-state index in [1.165, 1.54) is 11.1 Å². The van der Waals surface area contributed by atoms with Crippen LogP contribution in [0.1, 0.15) is 49.3 Å². The maximum atomic E-state index is 12.0. The van der Waals surface area contributed by atoms with Gasteiger partial charge < -0.3 is 10.8 Å². The first-order valence-corrected chi connectivity index (χ1v) is 11.2. The van der Waals surface area contributed by atoms with Gasteiger partial charge in [0.25, 0.3) is 0 Å². The number of aryl methyl sites for hydroxylation is 1. The maximum absolute atomic E-state index is 12.0. The Labute approximate surface area is 188 Å². The van der Waals surface area contributed by atoms with Crippen LogP contribution in [0.3, 0.4) is 0 Å². The number of carboxylic acid groups (broad SMARTS) is 1. The van der Waals surface area contributed by atoms with Crippen molar-refractivity contribution in [3.05, 3.63) is 64.7 Å². The number of nitrogens with two attached hydrogens (primary N) is 1. The van der Waals surface area contributed by atoms with Crippen LogP contribution in [0.5, 0.6) is 0 Å². The molecule has 2 amide bonds. The van der Waals surface area contributed by atoms with Crippen molar-refractivity contribution in [3.8, 4) is 0 Å². The number of rotatable bonds is 10. The largest absolute Gasteiger partial charge is 0.481 e. The highest BCUT2D eigenvalue weighted by Gasteiger charge is 2.25. The van der Waals surface area contributed by atoms with Gasteiger partial charge in [0.15, 0.2) is 0 Å². The van der Waals surface area contributed by atoms with Gasteiger partial charge in [-0.1, -0.05) is 35.9 Å². The van der Waals surface area contributed by atoms with E-state index in [4.69, 9.17) is 22.4 Å². The van der Waals surface area contributed by atoms with Gasteiger partial charge in [0.05, 0.1) is 0 Å². The van der Waals surface area contributed by atoms with Crippen LogP contribution in [0.15, 0.2) is 48.5 Å². The zero-order chi connectivity index (χ0) is 22.2. The molecule has 0 saturated heterocycles. The number of nitrogens with zero attached hydrogens (tertiary/aromatic N) is 2. The molecule has 0 aliphatic heterocycles. The number of hydrogen-bond donors (Lipinski definition) is 2. The summed E-state index contributed by atoms with van der Waals surface area (Å²) in [5.41, 5.74) is 9.06.